The molecular weight excluding hydrogens is 212 g/mol. The van der Waals surface area contributed by atoms with Gasteiger partial charge in [-0.15, -0.1) is 13.2 Å². The summed E-state index contributed by atoms with van der Waals surface area (Å²) in [7, 11) is -1.87. The minimum absolute atomic E-state index is 0.0137. The van der Waals surface area contributed by atoms with Crippen LogP contribution in [0.15, 0.2) is 24.6 Å². The van der Waals surface area contributed by atoms with Crippen LogP contribution in [-0.2, 0) is 4.43 Å². The van der Waals surface area contributed by atoms with Crippen molar-refractivity contribution in [3.05, 3.63) is 24.6 Å². The molecule has 1 saturated heterocycles. The van der Waals surface area contributed by atoms with E-state index in [4.69, 9.17) is 4.43 Å². The SMILES string of the molecule is C=C[Si]1(C=C)CCC(C)(C)C(CC)(CC)O1. The largest absolute Gasteiger partial charge is 0.403 e. The van der Waals surface area contributed by atoms with Gasteiger partial charge in [0, 0.05) is 0 Å². The first kappa shape index (κ1) is 13.7. The Hall–Kier alpha value is -0.343. The molecular formula is C14H26OSi. The Bertz CT molecular complexity index is 268. The van der Waals surface area contributed by atoms with Crippen molar-refractivity contribution in [1.29, 1.82) is 0 Å². The zero-order valence-electron chi connectivity index (χ0n) is 11.3. The van der Waals surface area contributed by atoms with Crippen LogP contribution >= 0.6 is 0 Å². The first-order valence-corrected chi connectivity index (χ1v) is 8.65. The van der Waals surface area contributed by atoms with Gasteiger partial charge in [-0.2, -0.15) is 0 Å². The highest BCUT2D eigenvalue weighted by Gasteiger charge is 2.52. The van der Waals surface area contributed by atoms with E-state index in [2.05, 4.69) is 52.3 Å². The minimum Gasteiger partial charge on any atom is -0.403 e. The summed E-state index contributed by atoms with van der Waals surface area (Å²) in [5.41, 5.74) is 4.38. The molecule has 1 rings (SSSR count). The number of hydrogen-bond acceptors (Lipinski definition) is 1. The molecule has 0 N–H and O–H groups in total. The molecule has 92 valence electrons. The van der Waals surface area contributed by atoms with Gasteiger partial charge in [0.1, 0.15) is 0 Å². The molecule has 1 aliphatic heterocycles. The van der Waals surface area contributed by atoms with E-state index in [0.717, 1.165) is 18.9 Å². The van der Waals surface area contributed by atoms with Crippen LogP contribution in [0.25, 0.3) is 0 Å². The molecule has 0 radical (unpaired) electrons. The molecule has 0 spiro atoms. The van der Waals surface area contributed by atoms with Crippen molar-refractivity contribution in [1.82, 2.24) is 0 Å². The Morgan fingerprint density at radius 1 is 1.19 bits per heavy atom. The molecule has 0 amide bonds. The van der Waals surface area contributed by atoms with Gasteiger partial charge >= 0.3 is 0 Å². The summed E-state index contributed by atoms with van der Waals surface area (Å²) in [6.07, 6.45) is 3.37. The van der Waals surface area contributed by atoms with Crippen LogP contribution in [0, 0.1) is 5.41 Å². The van der Waals surface area contributed by atoms with Crippen LogP contribution in [0.3, 0.4) is 0 Å². The van der Waals surface area contributed by atoms with E-state index in [1.165, 1.54) is 6.42 Å². The number of rotatable bonds is 4. The second-order valence-electron chi connectivity index (χ2n) is 5.55. The van der Waals surface area contributed by atoms with Gasteiger partial charge in [0.05, 0.1) is 5.60 Å². The lowest BCUT2D eigenvalue weighted by Gasteiger charge is -2.55. The van der Waals surface area contributed by atoms with Crippen molar-refractivity contribution in [2.75, 3.05) is 0 Å². The molecule has 0 aliphatic carbocycles. The molecule has 0 atom stereocenters. The average molecular weight is 238 g/mol. The third-order valence-electron chi connectivity index (χ3n) is 4.59. The fourth-order valence-electron chi connectivity index (χ4n) is 3.01. The zero-order valence-corrected chi connectivity index (χ0v) is 12.3. The van der Waals surface area contributed by atoms with Crippen LogP contribution in [0.4, 0.5) is 0 Å². The second kappa shape index (κ2) is 4.50. The normalized spacial score (nSPS) is 26.0. The second-order valence-corrected chi connectivity index (χ2v) is 8.98. The maximum Gasteiger partial charge on any atom is 0.241 e. The van der Waals surface area contributed by atoms with Crippen LogP contribution < -0.4 is 0 Å². The van der Waals surface area contributed by atoms with Crippen LogP contribution in [0.5, 0.6) is 0 Å². The smallest absolute Gasteiger partial charge is 0.241 e. The van der Waals surface area contributed by atoms with Gasteiger partial charge in [-0.3, -0.25) is 0 Å². The Labute approximate surface area is 102 Å². The van der Waals surface area contributed by atoms with Crippen LogP contribution in [0.1, 0.15) is 47.0 Å². The van der Waals surface area contributed by atoms with E-state index in [1.54, 1.807) is 0 Å². The van der Waals surface area contributed by atoms with Crippen molar-refractivity contribution in [3.8, 4) is 0 Å². The molecule has 1 fully saturated rings. The molecule has 0 aromatic heterocycles. The van der Waals surface area contributed by atoms with Crippen LogP contribution in [-0.4, -0.2) is 13.9 Å². The van der Waals surface area contributed by atoms with Crippen molar-refractivity contribution < 1.29 is 4.43 Å². The molecule has 1 heterocycles. The average Bonchev–Trinajstić information content (AvgIpc) is 2.30. The third-order valence-corrected chi connectivity index (χ3v) is 7.78. The quantitative estimate of drug-likeness (QED) is 0.660. The van der Waals surface area contributed by atoms with E-state index < -0.39 is 8.32 Å². The van der Waals surface area contributed by atoms with E-state index in [-0.39, 0.29) is 11.0 Å². The van der Waals surface area contributed by atoms with Gasteiger partial charge in [-0.25, -0.2) is 0 Å². The highest BCUT2D eigenvalue weighted by molar-refractivity contribution is 6.83. The van der Waals surface area contributed by atoms with Gasteiger partial charge in [-0.1, -0.05) is 39.1 Å². The van der Waals surface area contributed by atoms with Gasteiger partial charge in [0.15, 0.2) is 0 Å². The fourth-order valence-corrected chi connectivity index (χ4v) is 6.16. The topological polar surface area (TPSA) is 9.23 Å². The maximum atomic E-state index is 6.58. The summed E-state index contributed by atoms with van der Waals surface area (Å²) in [5.74, 6) is 0. The van der Waals surface area contributed by atoms with E-state index >= 15 is 0 Å². The van der Waals surface area contributed by atoms with Crippen molar-refractivity contribution in [2.45, 2.75) is 58.6 Å². The van der Waals surface area contributed by atoms with Gasteiger partial charge < -0.3 is 4.43 Å². The highest BCUT2D eigenvalue weighted by atomic mass is 28.4. The Kier molecular flexibility index (Phi) is 3.86. The van der Waals surface area contributed by atoms with Crippen molar-refractivity contribution >= 4 is 8.32 Å². The van der Waals surface area contributed by atoms with Crippen molar-refractivity contribution in [3.63, 3.8) is 0 Å². The molecule has 0 saturated carbocycles. The van der Waals surface area contributed by atoms with E-state index in [0.29, 0.717) is 0 Å². The Morgan fingerprint density at radius 2 is 1.69 bits per heavy atom. The standard InChI is InChI=1S/C14H26OSi/c1-7-14(8-2)13(5,6)11-12-16(9-3,10-4)15-14/h9-10H,3-4,7-8,11-12H2,1-2,5-6H3. The molecule has 0 aromatic carbocycles. The lowest BCUT2D eigenvalue weighted by atomic mass is 9.70. The summed E-state index contributed by atoms with van der Waals surface area (Å²) in [5, 5.41) is 0. The predicted molar refractivity (Wildman–Crippen MR) is 73.8 cm³/mol. The van der Waals surface area contributed by atoms with Gasteiger partial charge in [0.2, 0.25) is 8.32 Å². The third kappa shape index (κ3) is 1.93. The minimum atomic E-state index is -1.87. The summed E-state index contributed by atoms with van der Waals surface area (Å²) >= 11 is 0. The molecule has 0 unspecified atom stereocenters. The molecule has 16 heavy (non-hydrogen) atoms. The van der Waals surface area contributed by atoms with Gasteiger partial charge in [0.25, 0.3) is 0 Å². The fraction of sp³-hybridized carbons (Fsp3) is 0.714. The first-order chi connectivity index (χ1) is 7.41. The lowest BCUT2D eigenvalue weighted by molar-refractivity contribution is -0.0731. The number of hydrogen-bond donors (Lipinski definition) is 0. The van der Waals surface area contributed by atoms with Gasteiger partial charge in [-0.05, 0) is 30.7 Å². The van der Waals surface area contributed by atoms with E-state index in [1.807, 2.05) is 0 Å². The monoisotopic (exact) mass is 238 g/mol. The maximum absolute atomic E-state index is 6.58. The summed E-state index contributed by atoms with van der Waals surface area (Å²) in [6, 6.07) is 1.13. The zero-order chi connectivity index (χ0) is 12.4. The highest BCUT2D eigenvalue weighted by Crippen LogP contribution is 2.50. The van der Waals surface area contributed by atoms with Crippen LogP contribution in [0.2, 0.25) is 6.04 Å². The predicted octanol–water partition coefficient (Wildman–Crippen LogP) is 4.39. The lowest BCUT2D eigenvalue weighted by Crippen LogP contribution is -2.58. The first-order valence-electron chi connectivity index (χ1n) is 6.38. The summed E-state index contributed by atoms with van der Waals surface area (Å²) < 4.78 is 6.58. The Balaban J connectivity index is 3.11. The Morgan fingerprint density at radius 3 is 2.06 bits per heavy atom. The molecule has 1 nitrogen and oxygen atoms in total. The van der Waals surface area contributed by atoms with Crippen molar-refractivity contribution in [2.24, 2.45) is 5.41 Å². The van der Waals surface area contributed by atoms with E-state index in [9.17, 15) is 0 Å². The summed E-state index contributed by atoms with van der Waals surface area (Å²) in [4.78, 5) is 0. The summed E-state index contributed by atoms with van der Waals surface area (Å²) in [6.45, 7) is 17.1. The molecule has 1 aliphatic rings. The molecule has 0 bridgehead atoms. The molecule has 0 aromatic rings. The molecule has 2 heteroatoms.